The van der Waals surface area contributed by atoms with Gasteiger partial charge in [-0.3, -0.25) is 4.79 Å². The van der Waals surface area contributed by atoms with Gasteiger partial charge < -0.3 is 10.4 Å². The van der Waals surface area contributed by atoms with Crippen molar-refractivity contribution in [2.75, 3.05) is 0 Å². The Hall–Kier alpha value is -1.95. The second-order valence-corrected chi connectivity index (χ2v) is 6.94. The Labute approximate surface area is 153 Å². The van der Waals surface area contributed by atoms with Crippen LogP contribution in [0.2, 0.25) is 10.0 Å². The minimum atomic E-state index is -0.280. The molecule has 0 aliphatic carbocycles. The first kappa shape index (κ1) is 16.9. The fraction of sp³-hybridized carbons (Fsp3) is 0.0588. The molecule has 1 heterocycles. The molecule has 1 fully saturated rings. The largest absolute Gasteiger partial charge is 0.507 e. The van der Waals surface area contributed by atoms with Gasteiger partial charge in [-0.05, 0) is 60.7 Å². The highest BCUT2D eigenvalue weighted by Crippen LogP contribution is 2.32. The molecule has 24 heavy (non-hydrogen) atoms. The predicted molar refractivity (Wildman–Crippen MR) is 100 cm³/mol. The van der Waals surface area contributed by atoms with Crippen LogP contribution in [-0.4, -0.2) is 16.2 Å². The molecule has 0 spiro atoms. The third-order valence-corrected chi connectivity index (χ3v) is 4.94. The smallest absolute Gasteiger partial charge is 0.264 e. The Morgan fingerprint density at radius 3 is 2.83 bits per heavy atom. The van der Waals surface area contributed by atoms with Gasteiger partial charge in [0.15, 0.2) is 5.17 Å². The van der Waals surface area contributed by atoms with E-state index in [1.54, 1.807) is 30.3 Å². The zero-order valence-corrected chi connectivity index (χ0v) is 14.8. The molecule has 1 amide bonds. The maximum absolute atomic E-state index is 12.1. The molecule has 3 rings (SSSR count). The summed E-state index contributed by atoms with van der Waals surface area (Å²) in [5.41, 5.74) is 2.00. The van der Waals surface area contributed by atoms with E-state index >= 15 is 0 Å². The summed E-state index contributed by atoms with van der Waals surface area (Å²) in [6, 6.07) is 10.1. The van der Waals surface area contributed by atoms with Gasteiger partial charge in [-0.25, -0.2) is 4.99 Å². The van der Waals surface area contributed by atoms with Gasteiger partial charge in [0, 0.05) is 15.6 Å². The number of phenolic OH excluding ortho intramolecular Hbond substituents is 1. The molecule has 0 atom stereocenters. The van der Waals surface area contributed by atoms with E-state index in [-0.39, 0.29) is 11.7 Å². The molecule has 2 aromatic carbocycles. The molecule has 0 unspecified atom stereocenters. The van der Waals surface area contributed by atoms with E-state index < -0.39 is 0 Å². The lowest BCUT2D eigenvalue weighted by Gasteiger charge is -2.02. The summed E-state index contributed by atoms with van der Waals surface area (Å²) < 4.78 is 0. The van der Waals surface area contributed by atoms with Gasteiger partial charge in [-0.15, -0.1) is 0 Å². The highest BCUT2D eigenvalue weighted by molar-refractivity contribution is 8.18. The lowest BCUT2D eigenvalue weighted by molar-refractivity contribution is -0.115. The maximum Gasteiger partial charge on any atom is 0.264 e. The molecule has 7 heteroatoms. The number of benzene rings is 2. The van der Waals surface area contributed by atoms with Gasteiger partial charge in [0.05, 0.1) is 10.6 Å². The Balaban J connectivity index is 1.91. The summed E-state index contributed by atoms with van der Waals surface area (Å²) in [5, 5.41) is 14.1. The van der Waals surface area contributed by atoms with Crippen molar-refractivity contribution >= 4 is 57.8 Å². The number of carbonyl (C=O) groups is 1. The lowest BCUT2D eigenvalue weighted by Crippen LogP contribution is -2.19. The van der Waals surface area contributed by atoms with E-state index in [9.17, 15) is 9.90 Å². The standard InChI is InChI=1S/C17H12Cl2N2O2S/c1-9-12(19)3-2-4-13(9)20-17-21-16(23)15(24-17)8-10-7-11(18)5-6-14(10)22/h2-8,22H,1H3,(H,20,21,23)/b15-8-. The highest BCUT2D eigenvalue weighted by atomic mass is 35.5. The number of hydrogen-bond acceptors (Lipinski definition) is 4. The number of phenols is 1. The number of amides is 1. The third-order valence-electron chi connectivity index (χ3n) is 3.39. The molecule has 2 N–H and O–H groups in total. The van der Waals surface area contributed by atoms with Crippen LogP contribution in [0.1, 0.15) is 11.1 Å². The molecule has 0 bridgehead atoms. The minimum absolute atomic E-state index is 0.0522. The average Bonchev–Trinajstić information content (AvgIpc) is 2.87. The van der Waals surface area contributed by atoms with Gasteiger partial charge in [0.2, 0.25) is 0 Å². The van der Waals surface area contributed by atoms with Crippen LogP contribution in [0.15, 0.2) is 46.3 Å². The Morgan fingerprint density at radius 2 is 2.04 bits per heavy atom. The quantitative estimate of drug-likeness (QED) is 0.730. The zero-order valence-electron chi connectivity index (χ0n) is 12.5. The molecular weight excluding hydrogens is 367 g/mol. The molecule has 0 aromatic heterocycles. The molecule has 1 aliphatic heterocycles. The van der Waals surface area contributed by atoms with Crippen molar-refractivity contribution in [3.8, 4) is 5.75 Å². The Bertz CT molecular complexity index is 894. The topological polar surface area (TPSA) is 61.7 Å². The second kappa shape index (κ2) is 6.89. The molecule has 2 aromatic rings. The number of aromatic hydroxyl groups is 1. The summed E-state index contributed by atoms with van der Waals surface area (Å²) in [5.74, 6) is -0.228. The van der Waals surface area contributed by atoms with E-state index in [1.807, 2.05) is 13.0 Å². The van der Waals surface area contributed by atoms with Crippen LogP contribution in [0.3, 0.4) is 0 Å². The number of carbonyl (C=O) groups excluding carboxylic acids is 1. The fourth-order valence-corrected chi connectivity index (χ4v) is 3.27. The normalized spacial score (nSPS) is 17.5. The van der Waals surface area contributed by atoms with E-state index in [0.717, 1.165) is 5.56 Å². The number of nitrogens with zero attached hydrogens (tertiary/aromatic N) is 1. The SMILES string of the molecule is Cc1c(Cl)cccc1N=C1NC(=O)/C(=C/c2cc(Cl)ccc2O)S1. The van der Waals surface area contributed by atoms with E-state index in [1.165, 1.54) is 17.8 Å². The van der Waals surface area contributed by atoms with Crippen molar-refractivity contribution in [1.82, 2.24) is 5.32 Å². The van der Waals surface area contributed by atoms with Crippen molar-refractivity contribution in [3.63, 3.8) is 0 Å². The van der Waals surface area contributed by atoms with Gasteiger partial charge in [0.25, 0.3) is 5.91 Å². The lowest BCUT2D eigenvalue weighted by atomic mass is 10.2. The predicted octanol–water partition coefficient (Wildman–Crippen LogP) is 4.90. The van der Waals surface area contributed by atoms with Crippen molar-refractivity contribution in [2.24, 2.45) is 4.99 Å². The van der Waals surface area contributed by atoms with Crippen molar-refractivity contribution in [1.29, 1.82) is 0 Å². The molecular formula is C17H12Cl2N2O2S. The molecule has 122 valence electrons. The van der Waals surface area contributed by atoms with Crippen molar-refractivity contribution in [3.05, 3.63) is 62.5 Å². The third kappa shape index (κ3) is 3.59. The Morgan fingerprint density at radius 1 is 1.25 bits per heavy atom. The van der Waals surface area contributed by atoms with Gasteiger partial charge in [-0.1, -0.05) is 29.3 Å². The van der Waals surface area contributed by atoms with Crippen molar-refractivity contribution < 1.29 is 9.90 Å². The van der Waals surface area contributed by atoms with Gasteiger partial charge in [-0.2, -0.15) is 0 Å². The van der Waals surface area contributed by atoms with E-state index in [0.29, 0.717) is 31.4 Å². The monoisotopic (exact) mass is 378 g/mol. The van der Waals surface area contributed by atoms with E-state index in [4.69, 9.17) is 23.2 Å². The number of thioether (sulfide) groups is 1. The van der Waals surface area contributed by atoms with Crippen LogP contribution in [0.4, 0.5) is 5.69 Å². The average molecular weight is 379 g/mol. The number of halogens is 2. The summed E-state index contributed by atoms with van der Waals surface area (Å²) in [6.07, 6.45) is 1.58. The second-order valence-electron chi connectivity index (χ2n) is 5.07. The molecule has 1 saturated heterocycles. The first-order chi connectivity index (χ1) is 11.4. The molecule has 0 saturated carbocycles. The van der Waals surface area contributed by atoms with Crippen LogP contribution >= 0.6 is 35.0 Å². The number of hydrogen-bond donors (Lipinski definition) is 2. The van der Waals surface area contributed by atoms with Crippen molar-refractivity contribution in [2.45, 2.75) is 6.92 Å². The first-order valence-corrected chi connectivity index (χ1v) is 8.54. The summed E-state index contributed by atoms with van der Waals surface area (Å²) in [7, 11) is 0. The van der Waals surface area contributed by atoms with Crippen LogP contribution in [-0.2, 0) is 4.79 Å². The molecule has 4 nitrogen and oxygen atoms in total. The first-order valence-electron chi connectivity index (χ1n) is 6.97. The summed E-state index contributed by atoms with van der Waals surface area (Å²) in [6.45, 7) is 1.87. The number of rotatable bonds is 2. The van der Waals surface area contributed by atoms with Crippen LogP contribution in [0, 0.1) is 6.92 Å². The van der Waals surface area contributed by atoms with Crippen LogP contribution < -0.4 is 5.32 Å². The Kier molecular flexibility index (Phi) is 4.85. The molecule has 0 radical (unpaired) electrons. The summed E-state index contributed by atoms with van der Waals surface area (Å²) in [4.78, 5) is 17.0. The number of aliphatic imine (C=N–C) groups is 1. The van der Waals surface area contributed by atoms with Crippen LogP contribution in [0.25, 0.3) is 6.08 Å². The van der Waals surface area contributed by atoms with Crippen LogP contribution in [0.5, 0.6) is 5.75 Å². The number of nitrogens with one attached hydrogen (secondary N) is 1. The summed E-state index contributed by atoms with van der Waals surface area (Å²) >= 11 is 13.2. The fourth-order valence-electron chi connectivity index (χ4n) is 2.09. The van der Waals surface area contributed by atoms with Gasteiger partial charge >= 0.3 is 0 Å². The highest BCUT2D eigenvalue weighted by Gasteiger charge is 2.24. The maximum atomic E-state index is 12.1. The minimum Gasteiger partial charge on any atom is -0.507 e. The van der Waals surface area contributed by atoms with E-state index in [2.05, 4.69) is 10.3 Å². The molecule has 1 aliphatic rings. The van der Waals surface area contributed by atoms with Gasteiger partial charge in [0.1, 0.15) is 5.75 Å². The number of amidine groups is 1. The zero-order chi connectivity index (χ0) is 17.3.